The van der Waals surface area contributed by atoms with Crippen molar-refractivity contribution in [1.29, 1.82) is 0 Å². The molecule has 0 radical (unpaired) electrons. The molecular formula is C16H19ClN2OS. The molecule has 1 aromatic heterocycles. The third-order valence-corrected chi connectivity index (χ3v) is 5.75. The van der Waals surface area contributed by atoms with Gasteiger partial charge in [-0.15, -0.1) is 11.3 Å². The van der Waals surface area contributed by atoms with E-state index < -0.39 is 0 Å². The van der Waals surface area contributed by atoms with E-state index in [0.29, 0.717) is 27.4 Å². The Kier molecular flexibility index (Phi) is 3.84. The van der Waals surface area contributed by atoms with Crippen molar-refractivity contribution < 1.29 is 4.79 Å². The first-order valence-corrected chi connectivity index (χ1v) is 8.43. The molecular weight excluding hydrogens is 304 g/mol. The van der Waals surface area contributed by atoms with Crippen molar-refractivity contribution in [1.82, 2.24) is 4.90 Å². The van der Waals surface area contributed by atoms with Crippen LogP contribution in [0.5, 0.6) is 0 Å². The van der Waals surface area contributed by atoms with Gasteiger partial charge in [0.1, 0.15) is 4.88 Å². The molecule has 0 saturated carbocycles. The standard InChI is InChI=1S/C16H19ClN2OS/c1-9(2)10-5-6-19(8-10)16(20)15-14(18)12-7-11(17)3-4-13(12)21-15/h3-4,7,9-10H,5-6,8,18H2,1-2H3. The van der Waals surface area contributed by atoms with Gasteiger partial charge in [-0.1, -0.05) is 25.4 Å². The van der Waals surface area contributed by atoms with E-state index in [2.05, 4.69) is 13.8 Å². The lowest BCUT2D eigenvalue weighted by molar-refractivity contribution is 0.0790. The maximum Gasteiger partial charge on any atom is 0.266 e. The monoisotopic (exact) mass is 322 g/mol. The highest BCUT2D eigenvalue weighted by Gasteiger charge is 2.30. The van der Waals surface area contributed by atoms with Gasteiger partial charge in [0.2, 0.25) is 0 Å². The van der Waals surface area contributed by atoms with Gasteiger partial charge in [-0.25, -0.2) is 0 Å². The smallest absolute Gasteiger partial charge is 0.266 e. The van der Waals surface area contributed by atoms with Crippen LogP contribution >= 0.6 is 22.9 Å². The zero-order chi connectivity index (χ0) is 15.1. The summed E-state index contributed by atoms with van der Waals surface area (Å²) >= 11 is 7.48. The fraction of sp³-hybridized carbons (Fsp3) is 0.438. The maximum absolute atomic E-state index is 12.7. The summed E-state index contributed by atoms with van der Waals surface area (Å²) in [6.07, 6.45) is 1.08. The normalized spacial score (nSPS) is 18.9. The number of nitrogen functional groups attached to an aromatic ring is 1. The van der Waals surface area contributed by atoms with Crippen molar-refractivity contribution in [3.05, 3.63) is 28.1 Å². The second-order valence-corrected chi connectivity index (χ2v) is 7.52. The van der Waals surface area contributed by atoms with Gasteiger partial charge in [-0.05, 0) is 36.5 Å². The van der Waals surface area contributed by atoms with Crippen LogP contribution < -0.4 is 5.73 Å². The third kappa shape index (κ3) is 2.62. The molecule has 1 aromatic carbocycles. The number of amides is 1. The molecule has 0 bridgehead atoms. The summed E-state index contributed by atoms with van der Waals surface area (Å²) in [6, 6.07) is 5.59. The van der Waals surface area contributed by atoms with Gasteiger partial charge in [-0.2, -0.15) is 0 Å². The van der Waals surface area contributed by atoms with Crippen LogP contribution in [0.15, 0.2) is 18.2 Å². The molecule has 1 aliphatic rings. The van der Waals surface area contributed by atoms with E-state index in [-0.39, 0.29) is 5.91 Å². The molecule has 2 aromatic rings. The van der Waals surface area contributed by atoms with Crippen molar-refractivity contribution in [3.8, 4) is 0 Å². The predicted octanol–water partition coefficient (Wildman–Crippen LogP) is 4.26. The number of anilines is 1. The fourth-order valence-corrected chi connectivity index (χ4v) is 4.15. The minimum Gasteiger partial charge on any atom is -0.397 e. The van der Waals surface area contributed by atoms with Crippen LogP contribution in [0.4, 0.5) is 5.69 Å². The summed E-state index contributed by atoms with van der Waals surface area (Å²) in [6.45, 7) is 6.10. The van der Waals surface area contributed by atoms with Crippen molar-refractivity contribution in [3.63, 3.8) is 0 Å². The molecule has 3 nitrogen and oxygen atoms in total. The minimum absolute atomic E-state index is 0.0629. The van der Waals surface area contributed by atoms with Crippen molar-refractivity contribution in [2.24, 2.45) is 11.8 Å². The Morgan fingerprint density at radius 3 is 2.90 bits per heavy atom. The van der Waals surface area contributed by atoms with Crippen LogP contribution in [0.25, 0.3) is 10.1 Å². The summed E-state index contributed by atoms with van der Waals surface area (Å²) in [7, 11) is 0. The molecule has 21 heavy (non-hydrogen) atoms. The van der Waals surface area contributed by atoms with Crippen LogP contribution in [0.3, 0.4) is 0 Å². The Labute approximate surface area is 133 Å². The Bertz CT molecular complexity index is 695. The quantitative estimate of drug-likeness (QED) is 0.898. The number of likely N-dealkylation sites (tertiary alicyclic amines) is 1. The summed E-state index contributed by atoms with van der Waals surface area (Å²) in [5.74, 6) is 1.27. The van der Waals surface area contributed by atoms with Crippen molar-refractivity contribution in [2.45, 2.75) is 20.3 Å². The van der Waals surface area contributed by atoms with Gasteiger partial charge >= 0.3 is 0 Å². The van der Waals surface area contributed by atoms with Gasteiger partial charge < -0.3 is 10.6 Å². The Hall–Kier alpha value is -1.26. The SMILES string of the molecule is CC(C)C1CCN(C(=O)c2sc3ccc(Cl)cc3c2N)C1. The van der Waals surface area contributed by atoms with E-state index in [1.807, 2.05) is 23.1 Å². The Morgan fingerprint density at radius 1 is 1.48 bits per heavy atom. The van der Waals surface area contributed by atoms with E-state index in [1.165, 1.54) is 11.3 Å². The fourth-order valence-electron chi connectivity index (χ4n) is 2.91. The number of nitrogens with zero attached hydrogens (tertiary/aromatic N) is 1. The summed E-state index contributed by atoms with van der Waals surface area (Å²) < 4.78 is 1.01. The Morgan fingerprint density at radius 2 is 2.24 bits per heavy atom. The number of hydrogen-bond donors (Lipinski definition) is 1. The van der Waals surface area contributed by atoms with Crippen LogP contribution in [0.2, 0.25) is 5.02 Å². The highest BCUT2D eigenvalue weighted by molar-refractivity contribution is 7.21. The van der Waals surface area contributed by atoms with E-state index in [1.54, 1.807) is 0 Å². The number of fused-ring (bicyclic) bond motifs is 1. The predicted molar refractivity (Wildman–Crippen MR) is 90.1 cm³/mol. The molecule has 3 rings (SSSR count). The second kappa shape index (κ2) is 5.50. The summed E-state index contributed by atoms with van der Waals surface area (Å²) in [5.41, 5.74) is 6.74. The van der Waals surface area contributed by atoms with E-state index in [0.717, 1.165) is 29.6 Å². The van der Waals surface area contributed by atoms with Gasteiger partial charge in [0, 0.05) is 28.2 Å². The number of nitrogens with two attached hydrogens (primary N) is 1. The molecule has 1 unspecified atom stereocenters. The lowest BCUT2D eigenvalue weighted by Crippen LogP contribution is -2.29. The second-order valence-electron chi connectivity index (χ2n) is 6.03. The number of halogens is 1. The van der Waals surface area contributed by atoms with Gasteiger partial charge in [0.15, 0.2) is 0 Å². The summed E-state index contributed by atoms with van der Waals surface area (Å²) in [4.78, 5) is 15.3. The number of carbonyl (C=O) groups excluding carboxylic acids is 1. The maximum atomic E-state index is 12.7. The number of carbonyl (C=O) groups is 1. The minimum atomic E-state index is 0.0629. The molecule has 1 fully saturated rings. The van der Waals surface area contributed by atoms with Crippen LogP contribution in [0, 0.1) is 11.8 Å². The van der Waals surface area contributed by atoms with Gasteiger partial charge in [0.25, 0.3) is 5.91 Å². The van der Waals surface area contributed by atoms with Crippen LogP contribution in [-0.2, 0) is 0 Å². The Balaban J connectivity index is 1.90. The zero-order valence-electron chi connectivity index (χ0n) is 12.2. The van der Waals surface area contributed by atoms with E-state index in [9.17, 15) is 4.79 Å². The van der Waals surface area contributed by atoms with Gasteiger partial charge in [0.05, 0.1) is 5.69 Å². The summed E-state index contributed by atoms with van der Waals surface area (Å²) in [5, 5.41) is 1.53. The molecule has 112 valence electrons. The number of thiophene rings is 1. The molecule has 1 saturated heterocycles. The van der Waals surface area contributed by atoms with Crippen LogP contribution in [0.1, 0.15) is 29.9 Å². The molecule has 2 heterocycles. The lowest BCUT2D eigenvalue weighted by atomic mass is 9.95. The highest BCUT2D eigenvalue weighted by Crippen LogP contribution is 2.37. The van der Waals surface area contributed by atoms with Crippen molar-refractivity contribution in [2.75, 3.05) is 18.8 Å². The number of benzene rings is 1. The first-order valence-electron chi connectivity index (χ1n) is 7.24. The average Bonchev–Trinajstić information content (AvgIpc) is 3.04. The molecule has 0 aliphatic carbocycles. The molecule has 1 amide bonds. The average molecular weight is 323 g/mol. The molecule has 2 N–H and O–H groups in total. The van der Waals surface area contributed by atoms with Crippen molar-refractivity contribution >= 4 is 44.6 Å². The highest BCUT2D eigenvalue weighted by atomic mass is 35.5. The van der Waals surface area contributed by atoms with Crippen LogP contribution in [-0.4, -0.2) is 23.9 Å². The molecule has 0 spiro atoms. The number of rotatable bonds is 2. The third-order valence-electron chi connectivity index (χ3n) is 4.34. The topological polar surface area (TPSA) is 46.3 Å². The largest absolute Gasteiger partial charge is 0.397 e. The first kappa shape index (κ1) is 14.7. The first-order chi connectivity index (χ1) is 9.97. The van der Waals surface area contributed by atoms with E-state index >= 15 is 0 Å². The lowest BCUT2D eigenvalue weighted by Gasteiger charge is -2.17. The van der Waals surface area contributed by atoms with E-state index in [4.69, 9.17) is 17.3 Å². The number of hydrogen-bond acceptors (Lipinski definition) is 3. The molecule has 1 atom stereocenters. The molecule has 1 aliphatic heterocycles. The molecule has 5 heteroatoms. The van der Waals surface area contributed by atoms with Gasteiger partial charge in [-0.3, -0.25) is 4.79 Å². The zero-order valence-corrected chi connectivity index (χ0v) is 13.8.